The molecule has 1 aliphatic heterocycles. The van der Waals surface area contributed by atoms with Gasteiger partial charge in [-0.2, -0.15) is 0 Å². The summed E-state index contributed by atoms with van der Waals surface area (Å²) in [5.41, 5.74) is 0.868. The van der Waals surface area contributed by atoms with E-state index >= 15 is 0 Å². The summed E-state index contributed by atoms with van der Waals surface area (Å²) < 4.78 is 1.76. The van der Waals surface area contributed by atoms with Crippen molar-refractivity contribution in [2.75, 3.05) is 18.0 Å². The second-order valence-electron chi connectivity index (χ2n) is 7.30. The summed E-state index contributed by atoms with van der Waals surface area (Å²) in [6, 6.07) is 2.24. The molecule has 2 N–H and O–H groups in total. The summed E-state index contributed by atoms with van der Waals surface area (Å²) in [6.07, 6.45) is 9.23. The molecule has 1 unspecified atom stereocenters. The number of aromatic nitrogens is 5. The fraction of sp³-hybridized carbons (Fsp3) is 0.444. The van der Waals surface area contributed by atoms with Crippen molar-refractivity contribution in [2.45, 2.75) is 18.9 Å². The molecule has 3 aromatic heterocycles. The summed E-state index contributed by atoms with van der Waals surface area (Å²) in [6.45, 7) is 1.80. The molecule has 8 nitrogen and oxygen atoms in total. The third-order valence-electron chi connectivity index (χ3n) is 5.79. The summed E-state index contributed by atoms with van der Waals surface area (Å²) >= 11 is 0. The molecule has 3 atom stereocenters. The van der Waals surface area contributed by atoms with Crippen LogP contribution < -0.4 is 10.2 Å². The van der Waals surface area contributed by atoms with Crippen LogP contribution in [0.3, 0.4) is 0 Å². The van der Waals surface area contributed by atoms with E-state index in [1.54, 1.807) is 23.3 Å². The lowest BCUT2D eigenvalue weighted by molar-refractivity contribution is 0.0896. The molecule has 0 spiro atoms. The Hall–Kier alpha value is -2.90. The first-order valence-corrected chi connectivity index (χ1v) is 9.02. The molecule has 1 saturated carbocycles. The Balaban J connectivity index is 1.36. The molecule has 0 radical (unpaired) electrons. The Bertz CT molecular complexity index is 947. The summed E-state index contributed by atoms with van der Waals surface area (Å²) in [5, 5.41) is 4.30. The van der Waals surface area contributed by atoms with Gasteiger partial charge < -0.3 is 19.8 Å². The van der Waals surface area contributed by atoms with Crippen molar-refractivity contribution in [2.24, 2.45) is 18.9 Å². The molecule has 1 saturated heterocycles. The van der Waals surface area contributed by atoms with Gasteiger partial charge in [0.2, 0.25) is 0 Å². The van der Waals surface area contributed by atoms with E-state index in [0.29, 0.717) is 17.7 Å². The summed E-state index contributed by atoms with van der Waals surface area (Å²) in [4.78, 5) is 31.0. The molecular formula is C18H21N7O. The summed E-state index contributed by atoms with van der Waals surface area (Å²) in [5.74, 6) is 2.24. The highest BCUT2D eigenvalue weighted by Gasteiger charge is 2.43. The molecule has 0 aromatic carbocycles. The normalized spacial score (nSPS) is 25.0. The molecule has 2 fully saturated rings. The van der Waals surface area contributed by atoms with Gasteiger partial charge in [-0.05, 0) is 30.7 Å². The van der Waals surface area contributed by atoms with Gasteiger partial charge in [0.15, 0.2) is 5.82 Å². The molecule has 1 aliphatic carbocycles. The monoisotopic (exact) mass is 351 g/mol. The number of carbonyl (C=O) groups excluding carboxylic acids is 1. The minimum atomic E-state index is -0.0806. The van der Waals surface area contributed by atoms with E-state index in [2.05, 4.69) is 30.2 Å². The maximum absolute atomic E-state index is 12.6. The number of nitrogens with one attached hydrogen (secondary N) is 2. The molecule has 2 aliphatic rings. The molecule has 8 heteroatoms. The number of amides is 1. The van der Waals surface area contributed by atoms with Crippen LogP contribution in [0.15, 0.2) is 31.0 Å². The van der Waals surface area contributed by atoms with Gasteiger partial charge in [-0.25, -0.2) is 15.0 Å². The van der Waals surface area contributed by atoms with Crippen LogP contribution in [0.1, 0.15) is 23.5 Å². The Morgan fingerprint density at radius 2 is 2.04 bits per heavy atom. The smallest absolute Gasteiger partial charge is 0.287 e. The molecule has 1 amide bonds. The van der Waals surface area contributed by atoms with Crippen molar-refractivity contribution in [1.29, 1.82) is 0 Å². The molecule has 134 valence electrons. The van der Waals surface area contributed by atoms with E-state index in [0.717, 1.165) is 42.8 Å². The second-order valence-corrected chi connectivity index (χ2v) is 7.30. The first kappa shape index (κ1) is 15.4. The Morgan fingerprint density at radius 3 is 2.77 bits per heavy atom. The van der Waals surface area contributed by atoms with Crippen molar-refractivity contribution in [1.82, 2.24) is 29.8 Å². The Labute approximate surface area is 150 Å². The average molecular weight is 351 g/mol. The van der Waals surface area contributed by atoms with Gasteiger partial charge in [0, 0.05) is 44.8 Å². The maximum atomic E-state index is 12.6. The number of hydrogen-bond acceptors (Lipinski definition) is 5. The van der Waals surface area contributed by atoms with Crippen molar-refractivity contribution < 1.29 is 4.79 Å². The van der Waals surface area contributed by atoms with E-state index in [4.69, 9.17) is 0 Å². The number of rotatable bonds is 3. The minimum Gasteiger partial charge on any atom is -0.355 e. The molecule has 4 heterocycles. The molecule has 5 rings (SSSR count). The Morgan fingerprint density at radius 1 is 1.23 bits per heavy atom. The van der Waals surface area contributed by atoms with Crippen LogP contribution in [0.4, 0.5) is 5.82 Å². The predicted molar refractivity (Wildman–Crippen MR) is 96.8 cm³/mol. The second kappa shape index (κ2) is 5.82. The zero-order valence-electron chi connectivity index (χ0n) is 14.6. The van der Waals surface area contributed by atoms with Crippen LogP contribution in [0, 0.1) is 11.8 Å². The highest BCUT2D eigenvalue weighted by molar-refractivity contribution is 5.91. The molecule has 3 aromatic rings. The number of hydrogen-bond donors (Lipinski definition) is 2. The number of nitrogens with zero attached hydrogens (tertiary/aromatic N) is 5. The van der Waals surface area contributed by atoms with E-state index in [-0.39, 0.29) is 11.9 Å². The lowest BCUT2D eigenvalue weighted by Crippen LogP contribution is -2.53. The van der Waals surface area contributed by atoms with Crippen molar-refractivity contribution in [3.05, 3.63) is 36.8 Å². The largest absolute Gasteiger partial charge is 0.355 e. The van der Waals surface area contributed by atoms with Gasteiger partial charge in [0.25, 0.3) is 5.91 Å². The fourth-order valence-corrected chi connectivity index (χ4v) is 4.54. The predicted octanol–water partition coefficient (Wildman–Crippen LogP) is 1.34. The van der Waals surface area contributed by atoms with Gasteiger partial charge in [-0.15, -0.1) is 0 Å². The lowest BCUT2D eigenvalue weighted by atomic mass is 9.92. The zero-order chi connectivity index (χ0) is 17.7. The first-order chi connectivity index (χ1) is 12.7. The number of aromatic amines is 1. The van der Waals surface area contributed by atoms with Gasteiger partial charge in [0.05, 0.1) is 5.39 Å². The van der Waals surface area contributed by atoms with E-state index in [1.165, 1.54) is 0 Å². The number of H-pyrrole nitrogens is 1. The van der Waals surface area contributed by atoms with Gasteiger partial charge in [0.1, 0.15) is 17.8 Å². The maximum Gasteiger partial charge on any atom is 0.287 e. The van der Waals surface area contributed by atoms with Crippen molar-refractivity contribution in [3.63, 3.8) is 0 Å². The number of imidazole rings is 1. The third-order valence-corrected chi connectivity index (χ3v) is 5.79. The number of anilines is 1. The topological polar surface area (TPSA) is 91.7 Å². The van der Waals surface area contributed by atoms with Gasteiger partial charge in [-0.3, -0.25) is 4.79 Å². The number of piperidine rings is 1. The highest BCUT2D eigenvalue weighted by Crippen LogP contribution is 2.39. The fourth-order valence-electron chi connectivity index (χ4n) is 4.54. The SMILES string of the molecule is Cn1ccnc1C(=O)NC1[C@@H]2CC[C@H]1CN(c1ncnc3[nH]ccc13)C2. The van der Waals surface area contributed by atoms with Crippen LogP contribution in [0.2, 0.25) is 0 Å². The van der Waals surface area contributed by atoms with E-state index < -0.39 is 0 Å². The van der Waals surface area contributed by atoms with Crippen LogP contribution >= 0.6 is 0 Å². The van der Waals surface area contributed by atoms with E-state index in [1.807, 2.05) is 19.3 Å². The van der Waals surface area contributed by atoms with Gasteiger partial charge >= 0.3 is 0 Å². The number of carbonyl (C=O) groups is 1. The number of fused-ring (bicyclic) bond motifs is 3. The van der Waals surface area contributed by atoms with Crippen molar-refractivity contribution in [3.8, 4) is 0 Å². The average Bonchev–Trinajstić information content (AvgIpc) is 3.33. The highest BCUT2D eigenvalue weighted by atomic mass is 16.2. The quantitative estimate of drug-likeness (QED) is 0.743. The minimum absolute atomic E-state index is 0.0806. The van der Waals surface area contributed by atoms with Crippen LogP contribution in [0.5, 0.6) is 0 Å². The van der Waals surface area contributed by atoms with E-state index in [9.17, 15) is 4.79 Å². The molecule has 26 heavy (non-hydrogen) atoms. The number of aryl methyl sites for hydroxylation is 1. The Kier molecular flexibility index (Phi) is 3.44. The third kappa shape index (κ3) is 2.36. The van der Waals surface area contributed by atoms with Crippen LogP contribution in [0.25, 0.3) is 11.0 Å². The summed E-state index contributed by atoms with van der Waals surface area (Å²) in [7, 11) is 1.84. The molecule has 2 bridgehead atoms. The van der Waals surface area contributed by atoms with Crippen molar-refractivity contribution >= 4 is 22.8 Å². The first-order valence-electron chi connectivity index (χ1n) is 9.02. The lowest BCUT2D eigenvalue weighted by Gasteiger charge is -2.39. The van der Waals surface area contributed by atoms with Crippen LogP contribution in [-0.4, -0.2) is 49.5 Å². The molecular weight excluding hydrogens is 330 g/mol. The van der Waals surface area contributed by atoms with Gasteiger partial charge in [-0.1, -0.05) is 0 Å². The zero-order valence-corrected chi connectivity index (χ0v) is 14.6. The van der Waals surface area contributed by atoms with Crippen LogP contribution in [-0.2, 0) is 7.05 Å². The standard InChI is InChI=1S/C18H21N7O/c1-24-7-6-20-17(24)18(26)23-14-11-2-3-12(14)9-25(8-11)16-13-4-5-19-15(13)21-10-22-16/h4-7,10-12,14H,2-3,8-9H2,1H3,(H,23,26)(H,19,21,22)/t11-,12+,14?.